The summed E-state index contributed by atoms with van der Waals surface area (Å²) in [7, 11) is -4.13. The molecule has 0 aromatic rings. The van der Waals surface area contributed by atoms with Gasteiger partial charge in [-0.25, -0.2) is 0 Å². The van der Waals surface area contributed by atoms with Crippen LogP contribution >= 0.6 is 0 Å². The van der Waals surface area contributed by atoms with Crippen LogP contribution in [0, 0.1) is 0 Å². The molecule has 1 atom stereocenters. The summed E-state index contributed by atoms with van der Waals surface area (Å²) in [5.74, 6) is 0. The molecule has 0 spiro atoms. The van der Waals surface area contributed by atoms with E-state index in [9.17, 15) is 8.42 Å². The molecule has 6 heteroatoms. The Morgan fingerprint density at radius 3 is 2.11 bits per heavy atom. The molecule has 0 aliphatic carbocycles. The van der Waals surface area contributed by atoms with E-state index in [2.05, 4.69) is 0 Å². The summed E-state index contributed by atoms with van der Waals surface area (Å²) in [6, 6.07) is 0. The normalized spacial score (nSPS) is 29.8. The van der Waals surface area contributed by atoms with Gasteiger partial charge in [0.15, 0.2) is 0 Å². The predicted octanol–water partition coefficient (Wildman–Crippen LogP) is -1.19. The molecule has 54 valence electrons. The lowest BCUT2D eigenvalue weighted by Gasteiger charge is -2.32. The van der Waals surface area contributed by atoms with Crippen LogP contribution in [-0.4, -0.2) is 35.2 Å². The zero-order chi connectivity index (χ0) is 7.07. The molecule has 0 saturated carbocycles. The Kier molecular flexibility index (Phi) is 1.47. The van der Waals surface area contributed by atoms with E-state index in [1.165, 1.54) is 0 Å². The molecule has 1 aliphatic rings. The number of aliphatic hydroxyl groups excluding tert-OH is 1. The third-order valence-electron chi connectivity index (χ3n) is 1.24. The fourth-order valence-electron chi connectivity index (χ4n) is 0.619. The largest absolute Gasteiger partial charge is 0.377 e. The van der Waals surface area contributed by atoms with Crippen molar-refractivity contribution >= 4 is 10.3 Å². The molecule has 0 aromatic carbocycles. The van der Waals surface area contributed by atoms with E-state index < -0.39 is 16.5 Å². The predicted molar refractivity (Wildman–Crippen MR) is 28.9 cm³/mol. The third kappa shape index (κ3) is 1.21. The number of aliphatic hydroxyl groups is 1. The minimum atomic E-state index is -4.13. The van der Waals surface area contributed by atoms with Crippen LogP contribution in [0.2, 0.25) is 0 Å². The van der Waals surface area contributed by atoms with E-state index in [0.717, 1.165) is 0 Å². The molecule has 0 bridgehead atoms. The molecule has 2 N–H and O–H groups in total. The summed E-state index contributed by atoms with van der Waals surface area (Å²) >= 11 is 0. The van der Waals surface area contributed by atoms with Crippen molar-refractivity contribution in [3.05, 3.63) is 0 Å². The number of rotatable bonds is 1. The molecular weight excluding hydrogens is 146 g/mol. The number of hydrogen-bond acceptors (Lipinski definition) is 3. The molecule has 9 heavy (non-hydrogen) atoms. The van der Waals surface area contributed by atoms with Crippen LogP contribution in [0.5, 0.6) is 0 Å². The Morgan fingerprint density at radius 1 is 1.56 bits per heavy atom. The fraction of sp³-hybridized carbons (Fsp3) is 1.00. The van der Waals surface area contributed by atoms with E-state index in [1.807, 2.05) is 0 Å². The Balaban J connectivity index is 2.66. The first kappa shape index (κ1) is 6.94. The third-order valence-corrected chi connectivity index (χ3v) is 2.26. The van der Waals surface area contributed by atoms with Crippen molar-refractivity contribution < 1.29 is 18.1 Å². The first-order valence-electron chi connectivity index (χ1n) is 2.44. The van der Waals surface area contributed by atoms with Gasteiger partial charge in [-0.1, -0.05) is 0 Å². The zero-order valence-electron chi connectivity index (χ0n) is 4.56. The molecule has 0 aromatic heterocycles. The average molecular weight is 153 g/mol. The summed E-state index contributed by atoms with van der Waals surface area (Å²) in [6.45, 7) is 0.208. The quantitative estimate of drug-likeness (QED) is 0.464. The van der Waals surface area contributed by atoms with E-state index in [0.29, 0.717) is 10.7 Å². The molecule has 1 rings (SSSR count). The van der Waals surface area contributed by atoms with Gasteiger partial charge < -0.3 is 5.11 Å². The van der Waals surface area contributed by atoms with Crippen LogP contribution in [-0.2, 0) is 10.3 Å². The summed E-state index contributed by atoms with van der Waals surface area (Å²) in [5.41, 5.74) is 0. The average Bonchev–Trinajstić information content (AvgIpc) is 1.57. The van der Waals surface area contributed by atoms with Gasteiger partial charge >= 0.3 is 10.3 Å². The van der Waals surface area contributed by atoms with Crippen LogP contribution in [0.3, 0.4) is 0 Å². The maximum absolute atomic E-state index is 10.1. The molecule has 1 saturated heterocycles. The van der Waals surface area contributed by atoms with Crippen molar-refractivity contribution in [3.63, 3.8) is 0 Å². The Morgan fingerprint density at radius 2 is 2.11 bits per heavy atom. The molecule has 1 unspecified atom stereocenters. The van der Waals surface area contributed by atoms with Crippen molar-refractivity contribution in [2.24, 2.45) is 0 Å². The zero-order valence-corrected chi connectivity index (χ0v) is 5.37. The highest BCUT2D eigenvalue weighted by molar-refractivity contribution is 7.83. The lowest BCUT2D eigenvalue weighted by molar-refractivity contribution is -0.0180. The second-order valence-electron chi connectivity index (χ2n) is 1.86. The summed E-state index contributed by atoms with van der Waals surface area (Å²) in [5, 5.41) is 8.63. The molecule has 0 radical (unpaired) electrons. The Labute approximate surface area is 52.8 Å². The fourth-order valence-corrected chi connectivity index (χ4v) is 1.37. The van der Waals surface area contributed by atoms with Crippen LogP contribution < -0.4 is 0 Å². The van der Waals surface area contributed by atoms with Crippen molar-refractivity contribution in [1.82, 2.24) is 4.31 Å². The molecule has 1 heterocycles. The second-order valence-corrected chi connectivity index (χ2v) is 3.22. The van der Waals surface area contributed by atoms with E-state index in [4.69, 9.17) is 9.66 Å². The Hall–Kier alpha value is -0.170. The van der Waals surface area contributed by atoms with Gasteiger partial charge in [-0.2, -0.15) is 12.7 Å². The standard InChI is InChI=1S/C3H7NO4S/c5-3-1-2-4(3)9(6,7)8/h3,5H,1-2H2,(H,6,7,8). The van der Waals surface area contributed by atoms with E-state index in [1.54, 1.807) is 0 Å². The SMILES string of the molecule is O=S(=O)(O)N1CCC1O. The first-order chi connectivity index (χ1) is 4.02. The van der Waals surface area contributed by atoms with Gasteiger partial charge in [-0.05, 0) is 0 Å². The van der Waals surface area contributed by atoms with Crippen molar-refractivity contribution in [2.75, 3.05) is 6.54 Å². The minimum Gasteiger partial charge on any atom is -0.377 e. The van der Waals surface area contributed by atoms with Gasteiger partial charge in [0.2, 0.25) is 0 Å². The van der Waals surface area contributed by atoms with Gasteiger partial charge in [0, 0.05) is 13.0 Å². The lowest BCUT2D eigenvalue weighted by atomic mass is 10.2. The maximum Gasteiger partial charge on any atom is 0.338 e. The van der Waals surface area contributed by atoms with Crippen LogP contribution in [0.25, 0.3) is 0 Å². The monoisotopic (exact) mass is 153 g/mol. The maximum atomic E-state index is 10.1. The molecule has 5 nitrogen and oxygen atoms in total. The Bertz CT molecular complexity index is 198. The molecule has 1 aliphatic heterocycles. The number of nitrogens with zero attached hydrogens (tertiary/aromatic N) is 1. The van der Waals surface area contributed by atoms with Crippen LogP contribution in [0.1, 0.15) is 6.42 Å². The van der Waals surface area contributed by atoms with Crippen LogP contribution in [0.4, 0.5) is 0 Å². The highest BCUT2D eigenvalue weighted by Crippen LogP contribution is 2.16. The van der Waals surface area contributed by atoms with Gasteiger partial charge in [0.1, 0.15) is 6.23 Å². The second kappa shape index (κ2) is 1.91. The minimum absolute atomic E-state index is 0.208. The van der Waals surface area contributed by atoms with Crippen LogP contribution in [0.15, 0.2) is 0 Å². The van der Waals surface area contributed by atoms with E-state index >= 15 is 0 Å². The van der Waals surface area contributed by atoms with Gasteiger partial charge in [0.05, 0.1) is 0 Å². The van der Waals surface area contributed by atoms with Crippen molar-refractivity contribution in [1.29, 1.82) is 0 Å². The topological polar surface area (TPSA) is 77.8 Å². The summed E-state index contributed by atoms with van der Waals surface area (Å²) in [6.07, 6.45) is -0.611. The van der Waals surface area contributed by atoms with E-state index in [-0.39, 0.29) is 6.54 Å². The van der Waals surface area contributed by atoms with Gasteiger partial charge in [0.25, 0.3) is 0 Å². The highest BCUT2D eigenvalue weighted by atomic mass is 32.2. The molecule has 1 fully saturated rings. The van der Waals surface area contributed by atoms with Crippen molar-refractivity contribution in [2.45, 2.75) is 12.6 Å². The van der Waals surface area contributed by atoms with Crippen molar-refractivity contribution in [3.8, 4) is 0 Å². The molecular formula is C3H7NO4S. The number of hydrogen-bond donors (Lipinski definition) is 2. The summed E-state index contributed by atoms with van der Waals surface area (Å²) in [4.78, 5) is 0. The van der Waals surface area contributed by atoms with Gasteiger partial charge in [-0.3, -0.25) is 4.55 Å². The smallest absolute Gasteiger partial charge is 0.338 e. The highest BCUT2D eigenvalue weighted by Gasteiger charge is 2.34. The van der Waals surface area contributed by atoms with Gasteiger partial charge in [-0.15, -0.1) is 0 Å². The summed E-state index contributed by atoms with van der Waals surface area (Å²) < 4.78 is 29.2. The first-order valence-corrected chi connectivity index (χ1v) is 3.84. The lowest BCUT2D eigenvalue weighted by Crippen LogP contribution is -2.50. The molecule has 0 amide bonds.